The Bertz CT molecular complexity index is 642. The van der Waals surface area contributed by atoms with E-state index in [1.807, 2.05) is 45.0 Å². The number of nitrogens with zero attached hydrogens (tertiary/aromatic N) is 1. The van der Waals surface area contributed by atoms with Gasteiger partial charge in [-0.3, -0.25) is 4.79 Å². The number of amides is 1. The fraction of sp³-hybridized carbons (Fsp3) is 0.286. The van der Waals surface area contributed by atoms with Gasteiger partial charge in [0.2, 0.25) is 11.7 Å². The standard InChI is InChI=1S/C14H14N2O2/c1-14(2,3)13(17)16-12-9-6-4-5-7-10(9)18-11(12)8-15/h4-7H,1-3H3,(H,16,17). The Labute approximate surface area is 105 Å². The Morgan fingerprint density at radius 3 is 2.61 bits per heavy atom. The molecule has 92 valence electrons. The third-order valence-corrected chi connectivity index (χ3v) is 2.62. The highest BCUT2D eigenvalue weighted by atomic mass is 16.3. The molecule has 0 fully saturated rings. The smallest absolute Gasteiger partial charge is 0.229 e. The van der Waals surface area contributed by atoms with Gasteiger partial charge in [0.1, 0.15) is 17.3 Å². The number of hydrogen-bond donors (Lipinski definition) is 1. The Balaban J connectivity index is 2.50. The lowest BCUT2D eigenvalue weighted by Crippen LogP contribution is -2.27. The topological polar surface area (TPSA) is 66.0 Å². The SMILES string of the molecule is CC(C)(C)C(=O)Nc1c(C#N)oc2ccccc12. The van der Waals surface area contributed by atoms with Crippen molar-refractivity contribution in [2.75, 3.05) is 5.32 Å². The predicted molar refractivity (Wildman–Crippen MR) is 69.0 cm³/mol. The highest BCUT2D eigenvalue weighted by Gasteiger charge is 2.24. The van der Waals surface area contributed by atoms with Crippen LogP contribution in [0.15, 0.2) is 28.7 Å². The van der Waals surface area contributed by atoms with Gasteiger partial charge >= 0.3 is 0 Å². The van der Waals surface area contributed by atoms with Crippen LogP contribution in [0, 0.1) is 16.7 Å². The summed E-state index contributed by atoms with van der Waals surface area (Å²) in [6, 6.07) is 9.21. The molecule has 2 aromatic rings. The zero-order chi connectivity index (χ0) is 13.3. The van der Waals surface area contributed by atoms with Crippen LogP contribution in [0.3, 0.4) is 0 Å². The van der Waals surface area contributed by atoms with Crippen molar-refractivity contribution in [2.45, 2.75) is 20.8 Å². The molecule has 0 atom stereocenters. The van der Waals surface area contributed by atoms with Crippen LogP contribution in [-0.4, -0.2) is 5.91 Å². The molecule has 0 radical (unpaired) electrons. The summed E-state index contributed by atoms with van der Waals surface area (Å²) < 4.78 is 5.39. The Hall–Kier alpha value is -2.28. The molecule has 4 heteroatoms. The van der Waals surface area contributed by atoms with Crippen LogP contribution in [0.25, 0.3) is 11.0 Å². The molecular formula is C14H14N2O2. The van der Waals surface area contributed by atoms with Crippen molar-refractivity contribution in [2.24, 2.45) is 5.41 Å². The summed E-state index contributed by atoms with van der Waals surface area (Å²) in [6.07, 6.45) is 0. The van der Waals surface area contributed by atoms with E-state index in [2.05, 4.69) is 5.32 Å². The predicted octanol–water partition coefficient (Wildman–Crippen LogP) is 3.29. The quantitative estimate of drug-likeness (QED) is 0.834. The van der Waals surface area contributed by atoms with Crippen molar-refractivity contribution in [3.05, 3.63) is 30.0 Å². The zero-order valence-corrected chi connectivity index (χ0v) is 10.6. The summed E-state index contributed by atoms with van der Waals surface area (Å²) in [4.78, 5) is 12.0. The lowest BCUT2D eigenvalue weighted by Gasteiger charge is -2.17. The van der Waals surface area contributed by atoms with Gasteiger partial charge in [0.05, 0.1) is 0 Å². The molecule has 1 heterocycles. The van der Waals surface area contributed by atoms with Gasteiger partial charge in [-0.25, -0.2) is 0 Å². The fourth-order valence-corrected chi connectivity index (χ4v) is 1.55. The number of furan rings is 1. The number of para-hydroxylation sites is 1. The van der Waals surface area contributed by atoms with Crippen LogP contribution >= 0.6 is 0 Å². The van der Waals surface area contributed by atoms with E-state index in [1.54, 1.807) is 6.07 Å². The highest BCUT2D eigenvalue weighted by Crippen LogP contribution is 2.31. The van der Waals surface area contributed by atoms with Gasteiger partial charge < -0.3 is 9.73 Å². The van der Waals surface area contributed by atoms with Crippen molar-refractivity contribution in [1.82, 2.24) is 0 Å². The van der Waals surface area contributed by atoms with E-state index in [9.17, 15) is 4.79 Å². The van der Waals surface area contributed by atoms with Crippen molar-refractivity contribution in [3.8, 4) is 6.07 Å². The molecule has 1 amide bonds. The molecule has 0 unspecified atom stereocenters. The maximum Gasteiger partial charge on any atom is 0.229 e. The fourth-order valence-electron chi connectivity index (χ4n) is 1.55. The van der Waals surface area contributed by atoms with Gasteiger partial charge in [-0.1, -0.05) is 32.9 Å². The normalized spacial score (nSPS) is 11.2. The molecule has 0 aliphatic carbocycles. The molecule has 1 aromatic heterocycles. The summed E-state index contributed by atoms with van der Waals surface area (Å²) in [7, 11) is 0. The first kappa shape index (κ1) is 12.2. The Morgan fingerprint density at radius 1 is 1.33 bits per heavy atom. The first-order valence-electron chi connectivity index (χ1n) is 5.66. The average molecular weight is 242 g/mol. The number of hydrogen-bond acceptors (Lipinski definition) is 3. The second kappa shape index (κ2) is 4.19. The van der Waals surface area contributed by atoms with E-state index in [4.69, 9.17) is 9.68 Å². The van der Waals surface area contributed by atoms with E-state index >= 15 is 0 Å². The molecule has 0 aliphatic rings. The first-order valence-corrected chi connectivity index (χ1v) is 5.66. The van der Waals surface area contributed by atoms with Crippen molar-refractivity contribution < 1.29 is 9.21 Å². The number of carbonyl (C=O) groups excluding carboxylic acids is 1. The van der Waals surface area contributed by atoms with Crippen molar-refractivity contribution in [3.63, 3.8) is 0 Å². The van der Waals surface area contributed by atoms with Gasteiger partial charge in [-0.15, -0.1) is 0 Å². The second-order valence-corrected chi connectivity index (χ2v) is 5.12. The number of rotatable bonds is 1. The van der Waals surface area contributed by atoms with Gasteiger partial charge in [-0.2, -0.15) is 5.26 Å². The maximum absolute atomic E-state index is 12.0. The number of nitrogens with one attached hydrogen (secondary N) is 1. The summed E-state index contributed by atoms with van der Waals surface area (Å²) >= 11 is 0. The minimum absolute atomic E-state index is 0.133. The summed E-state index contributed by atoms with van der Waals surface area (Å²) in [5, 5.41) is 12.6. The van der Waals surface area contributed by atoms with Crippen LogP contribution < -0.4 is 5.32 Å². The minimum atomic E-state index is -0.523. The van der Waals surface area contributed by atoms with Crippen LogP contribution in [0.4, 0.5) is 5.69 Å². The molecular weight excluding hydrogens is 228 g/mol. The highest BCUT2D eigenvalue weighted by molar-refractivity contribution is 6.04. The third-order valence-electron chi connectivity index (χ3n) is 2.62. The molecule has 1 N–H and O–H groups in total. The Morgan fingerprint density at radius 2 is 2.00 bits per heavy atom. The van der Waals surface area contributed by atoms with Gasteiger partial charge in [-0.05, 0) is 12.1 Å². The van der Waals surface area contributed by atoms with Crippen molar-refractivity contribution >= 4 is 22.6 Å². The monoisotopic (exact) mass is 242 g/mol. The first-order chi connectivity index (χ1) is 8.43. The lowest BCUT2D eigenvalue weighted by molar-refractivity contribution is -0.123. The Kier molecular flexibility index (Phi) is 2.84. The third kappa shape index (κ3) is 2.07. The largest absolute Gasteiger partial charge is 0.443 e. The molecule has 4 nitrogen and oxygen atoms in total. The van der Waals surface area contributed by atoms with Gasteiger partial charge in [0.25, 0.3) is 0 Å². The number of anilines is 1. The number of carbonyl (C=O) groups is 1. The summed E-state index contributed by atoms with van der Waals surface area (Å²) in [5.41, 5.74) is 0.525. The molecule has 0 saturated heterocycles. The van der Waals surface area contributed by atoms with Crippen LogP contribution in [0.1, 0.15) is 26.5 Å². The lowest BCUT2D eigenvalue weighted by atomic mass is 9.95. The van der Waals surface area contributed by atoms with E-state index in [-0.39, 0.29) is 11.7 Å². The summed E-state index contributed by atoms with van der Waals surface area (Å²) in [6.45, 7) is 5.45. The van der Waals surface area contributed by atoms with Crippen LogP contribution in [-0.2, 0) is 4.79 Å². The van der Waals surface area contributed by atoms with Gasteiger partial charge in [0.15, 0.2) is 0 Å². The average Bonchev–Trinajstić information content (AvgIpc) is 2.66. The molecule has 2 rings (SSSR count). The maximum atomic E-state index is 12.0. The molecule has 0 bridgehead atoms. The zero-order valence-electron chi connectivity index (χ0n) is 10.6. The number of benzene rings is 1. The van der Waals surface area contributed by atoms with E-state index < -0.39 is 5.41 Å². The van der Waals surface area contributed by atoms with E-state index in [0.717, 1.165) is 5.39 Å². The van der Waals surface area contributed by atoms with Gasteiger partial charge in [0, 0.05) is 10.8 Å². The van der Waals surface area contributed by atoms with Crippen LogP contribution in [0.2, 0.25) is 0 Å². The van der Waals surface area contributed by atoms with E-state index in [0.29, 0.717) is 11.3 Å². The molecule has 0 saturated carbocycles. The number of nitriles is 1. The van der Waals surface area contributed by atoms with Crippen LogP contribution in [0.5, 0.6) is 0 Å². The molecule has 18 heavy (non-hydrogen) atoms. The molecule has 0 aliphatic heterocycles. The number of fused-ring (bicyclic) bond motifs is 1. The molecule has 0 spiro atoms. The molecule has 1 aromatic carbocycles. The summed E-state index contributed by atoms with van der Waals surface area (Å²) in [5.74, 6) is -0.0145. The second-order valence-electron chi connectivity index (χ2n) is 5.12. The van der Waals surface area contributed by atoms with Crippen molar-refractivity contribution in [1.29, 1.82) is 5.26 Å². The minimum Gasteiger partial charge on any atom is -0.443 e. The van der Waals surface area contributed by atoms with E-state index in [1.165, 1.54) is 0 Å².